The Balaban J connectivity index is 2.96. The van der Waals surface area contributed by atoms with Gasteiger partial charge in [0.2, 0.25) is 0 Å². The Bertz CT molecular complexity index is 465. The SMILES string of the molecule is CCOC=C(C)C(=O)c1cccc([N+](=O)[O-])c1. The number of allylic oxidation sites excluding steroid dienone is 1. The van der Waals surface area contributed by atoms with Gasteiger partial charge in [-0.05, 0) is 13.8 Å². The Hall–Kier alpha value is -2.17. The van der Waals surface area contributed by atoms with E-state index in [1.54, 1.807) is 13.0 Å². The average molecular weight is 235 g/mol. The van der Waals surface area contributed by atoms with Crippen molar-refractivity contribution in [2.45, 2.75) is 13.8 Å². The summed E-state index contributed by atoms with van der Waals surface area (Å²) < 4.78 is 5.00. The first kappa shape index (κ1) is 12.9. The summed E-state index contributed by atoms with van der Waals surface area (Å²) in [6.45, 7) is 3.89. The van der Waals surface area contributed by atoms with Crippen LogP contribution < -0.4 is 0 Å². The number of non-ortho nitro benzene ring substituents is 1. The maximum atomic E-state index is 11.9. The van der Waals surface area contributed by atoms with Crippen molar-refractivity contribution in [2.24, 2.45) is 0 Å². The third kappa shape index (κ3) is 3.41. The molecule has 5 heteroatoms. The van der Waals surface area contributed by atoms with Crippen LogP contribution in [-0.4, -0.2) is 17.3 Å². The largest absolute Gasteiger partial charge is 0.501 e. The van der Waals surface area contributed by atoms with Gasteiger partial charge in [-0.25, -0.2) is 0 Å². The molecule has 0 N–H and O–H groups in total. The fourth-order valence-electron chi connectivity index (χ4n) is 1.25. The summed E-state index contributed by atoms with van der Waals surface area (Å²) in [7, 11) is 0. The monoisotopic (exact) mass is 235 g/mol. The molecule has 90 valence electrons. The van der Waals surface area contributed by atoms with Crippen LogP contribution in [0.3, 0.4) is 0 Å². The first-order valence-electron chi connectivity index (χ1n) is 5.13. The molecule has 0 aromatic heterocycles. The third-order valence-corrected chi connectivity index (χ3v) is 2.10. The fraction of sp³-hybridized carbons (Fsp3) is 0.250. The zero-order valence-corrected chi connectivity index (χ0v) is 9.67. The normalized spacial score (nSPS) is 11.1. The second-order valence-electron chi connectivity index (χ2n) is 3.39. The number of hydrogen-bond acceptors (Lipinski definition) is 4. The molecule has 1 aromatic carbocycles. The number of rotatable bonds is 5. The number of nitrogens with zero attached hydrogens (tertiary/aromatic N) is 1. The van der Waals surface area contributed by atoms with E-state index in [4.69, 9.17) is 4.74 Å². The first-order chi connectivity index (χ1) is 8.06. The molecule has 0 spiro atoms. The Kier molecular flexibility index (Phi) is 4.39. The number of carbonyl (C=O) groups is 1. The highest BCUT2D eigenvalue weighted by atomic mass is 16.6. The van der Waals surface area contributed by atoms with E-state index in [0.29, 0.717) is 12.2 Å². The second kappa shape index (κ2) is 5.79. The van der Waals surface area contributed by atoms with E-state index in [9.17, 15) is 14.9 Å². The van der Waals surface area contributed by atoms with E-state index in [0.717, 1.165) is 0 Å². The number of ether oxygens (including phenoxy) is 1. The van der Waals surface area contributed by atoms with Crippen LogP contribution >= 0.6 is 0 Å². The van der Waals surface area contributed by atoms with Gasteiger partial charge in [-0.2, -0.15) is 0 Å². The van der Waals surface area contributed by atoms with Crippen LogP contribution in [0.4, 0.5) is 5.69 Å². The van der Waals surface area contributed by atoms with Crippen molar-refractivity contribution in [2.75, 3.05) is 6.61 Å². The molecule has 0 aliphatic heterocycles. The number of nitro groups is 1. The summed E-state index contributed by atoms with van der Waals surface area (Å²) in [5, 5.41) is 10.6. The zero-order chi connectivity index (χ0) is 12.8. The molecule has 0 aliphatic rings. The van der Waals surface area contributed by atoms with Gasteiger partial charge in [0.15, 0.2) is 5.78 Å². The molecule has 0 saturated heterocycles. The first-order valence-corrected chi connectivity index (χ1v) is 5.13. The highest BCUT2D eigenvalue weighted by molar-refractivity contribution is 6.08. The minimum atomic E-state index is -0.529. The predicted molar refractivity (Wildman–Crippen MR) is 62.8 cm³/mol. The molecule has 0 unspecified atom stereocenters. The molecule has 0 saturated carbocycles. The van der Waals surface area contributed by atoms with Crippen molar-refractivity contribution in [3.8, 4) is 0 Å². The molecule has 1 rings (SSSR count). The van der Waals surface area contributed by atoms with E-state index in [1.807, 2.05) is 6.92 Å². The maximum absolute atomic E-state index is 11.9. The summed E-state index contributed by atoms with van der Waals surface area (Å²) in [5.41, 5.74) is 0.597. The topological polar surface area (TPSA) is 69.4 Å². The Morgan fingerprint density at radius 2 is 2.24 bits per heavy atom. The lowest BCUT2D eigenvalue weighted by molar-refractivity contribution is -0.384. The van der Waals surface area contributed by atoms with Gasteiger partial charge in [0.25, 0.3) is 5.69 Å². The Labute approximate surface area is 98.9 Å². The fourth-order valence-corrected chi connectivity index (χ4v) is 1.25. The van der Waals surface area contributed by atoms with Crippen LogP contribution in [0.2, 0.25) is 0 Å². The molecule has 0 aliphatic carbocycles. The number of carbonyl (C=O) groups excluding carboxylic acids is 1. The predicted octanol–water partition coefficient (Wildman–Crippen LogP) is 2.72. The highest BCUT2D eigenvalue weighted by Crippen LogP contribution is 2.16. The Morgan fingerprint density at radius 3 is 2.82 bits per heavy atom. The minimum absolute atomic E-state index is 0.0972. The summed E-state index contributed by atoms with van der Waals surface area (Å²) in [4.78, 5) is 21.9. The van der Waals surface area contributed by atoms with Gasteiger partial charge in [0, 0.05) is 23.3 Å². The quantitative estimate of drug-likeness (QED) is 0.259. The van der Waals surface area contributed by atoms with E-state index < -0.39 is 4.92 Å². The van der Waals surface area contributed by atoms with Gasteiger partial charge in [-0.3, -0.25) is 14.9 Å². The van der Waals surface area contributed by atoms with Crippen molar-refractivity contribution in [3.63, 3.8) is 0 Å². The van der Waals surface area contributed by atoms with Crippen LogP contribution in [-0.2, 0) is 4.74 Å². The van der Waals surface area contributed by atoms with Crippen LogP contribution in [0, 0.1) is 10.1 Å². The summed E-state index contributed by atoms with van der Waals surface area (Å²) in [5.74, 6) is -0.276. The number of ketones is 1. The Morgan fingerprint density at radius 1 is 1.53 bits per heavy atom. The molecular formula is C12H13NO4. The molecule has 0 amide bonds. The number of hydrogen-bond donors (Lipinski definition) is 0. The van der Waals surface area contributed by atoms with Crippen molar-refractivity contribution in [1.82, 2.24) is 0 Å². The van der Waals surface area contributed by atoms with Crippen molar-refractivity contribution in [3.05, 3.63) is 51.8 Å². The van der Waals surface area contributed by atoms with E-state index >= 15 is 0 Å². The van der Waals surface area contributed by atoms with Gasteiger partial charge < -0.3 is 4.74 Å². The standard InChI is InChI=1S/C12H13NO4/c1-3-17-8-9(2)12(14)10-5-4-6-11(7-10)13(15)16/h4-8H,3H2,1-2H3. The highest BCUT2D eigenvalue weighted by Gasteiger charge is 2.12. The molecule has 5 nitrogen and oxygen atoms in total. The molecule has 0 radical (unpaired) electrons. The van der Waals surface area contributed by atoms with Crippen molar-refractivity contribution in [1.29, 1.82) is 0 Å². The molecule has 0 bridgehead atoms. The van der Waals surface area contributed by atoms with E-state index in [1.165, 1.54) is 24.5 Å². The van der Waals surface area contributed by atoms with E-state index in [-0.39, 0.29) is 17.0 Å². The number of nitro benzene ring substituents is 1. The van der Waals surface area contributed by atoms with Crippen molar-refractivity contribution < 1.29 is 14.5 Å². The van der Waals surface area contributed by atoms with Gasteiger partial charge in [0.05, 0.1) is 17.8 Å². The lowest BCUT2D eigenvalue weighted by Crippen LogP contribution is -2.02. The maximum Gasteiger partial charge on any atom is 0.270 e. The van der Waals surface area contributed by atoms with E-state index in [2.05, 4.69) is 0 Å². The van der Waals surface area contributed by atoms with Gasteiger partial charge >= 0.3 is 0 Å². The minimum Gasteiger partial charge on any atom is -0.501 e. The lowest BCUT2D eigenvalue weighted by atomic mass is 10.1. The average Bonchev–Trinajstić information content (AvgIpc) is 2.35. The summed E-state index contributed by atoms with van der Waals surface area (Å²) in [6.07, 6.45) is 1.36. The third-order valence-electron chi connectivity index (χ3n) is 2.10. The van der Waals surface area contributed by atoms with Crippen LogP contribution in [0.25, 0.3) is 0 Å². The van der Waals surface area contributed by atoms with Gasteiger partial charge in [0.1, 0.15) is 0 Å². The van der Waals surface area contributed by atoms with Crippen LogP contribution in [0.1, 0.15) is 24.2 Å². The molecular weight excluding hydrogens is 222 g/mol. The molecule has 1 aromatic rings. The second-order valence-corrected chi connectivity index (χ2v) is 3.39. The molecule has 0 fully saturated rings. The molecule has 17 heavy (non-hydrogen) atoms. The lowest BCUT2D eigenvalue weighted by Gasteiger charge is -2.01. The summed E-state index contributed by atoms with van der Waals surface area (Å²) >= 11 is 0. The molecule has 0 atom stereocenters. The van der Waals surface area contributed by atoms with Crippen LogP contribution in [0.5, 0.6) is 0 Å². The smallest absolute Gasteiger partial charge is 0.270 e. The van der Waals surface area contributed by atoms with Crippen LogP contribution in [0.15, 0.2) is 36.1 Å². The number of Topliss-reactive ketones (excluding diaryl/α,β-unsaturated/α-hetero) is 1. The van der Waals surface area contributed by atoms with Gasteiger partial charge in [-0.15, -0.1) is 0 Å². The van der Waals surface area contributed by atoms with Crippen molar-refractivity contribution >= 4 is 11.5 Å². The summed E-state index contributed by atoms with van der Waals surface area (Å²) in [6, 6.07) is 5.63. The van der Waals surface area contributed by atoms with Gasteiger partial charge in [-0.1, -0.05) is 12.1 Å². The zero-order valence-electron chi connectivity index (χ0n) is 9.67. The number of benzene rings is 1. The molecule has 0 heterocycles.